The van der Waals surface area contributed by atoms with Crippen LogP contribution in [0.1, 0.15) is 29.8 Å². The predicted octanol–water partition coefficient (Wildman–Crippen LogP) is 3.00. The zero-order valence-electron chi connectivity index (χ0n) is 15.3. The van der Waals surface area contributed by atoms with Crippen molar-refractivity contribution in [2.24, 2.45) is 0 Å². The molecule has 0 saturated carbocycles. The van der Waals surface area contributed by atoms with Gasteiger partial charge in [0.1, 0.15) is 17.6 Å². The van der Waals surface area contributed by atoms with E-state index in [9.17, 15) is 13.2 Å². The van der Waals surface area contributed by atoms with Crippen LogP contribution in [0.2, 0.25) is 0 Å². The van der Waals surface area contributed by atoms with Gasteiger partial charge >= 0.3 is 5.97 Å². The normalized spacial score (nSPS) is 15.6. The van der Waals surface area contributed by atoms with Gasteiger partial charge in [0.05, 0.1) is 29.9 Å². The SMILES string of the molecule is CCOc1cc2c(cc1NS(=O)(=O)c1ccc(C(=O)OC)cc1)O[C@H](C)C2. The highest BCUT2D eigenvalue weighted by atomic mass is 32.2. The first-order chi connectivity index (χ1) is 12.8. The average Bonchev–Trinajstić information content (AvgIpc) is 3.00. The molecule has 0 fully saturated rings. The Morgan fingerprint density at radius 1 is 1.26 bits per heavy atom. The van der Waals surface area contributed by atoms with E-state index in [1.165, 1.54) is 31.4 Å². The van der Waals surface area contributed by atoms with Gasteiger partial charge in [-0.25, -0.2) is 13.2 Å². The van der Waals surface area contributed by atoms with Gasteiger partial charge in [0.15, 0.2) is 0 Å². The Morgan fingerprint density at radius 3 is 2.59 bits per heavy atom. The number of carbonyl (C=O) groups excluding carboxylic acids is 1. The van der Waals surface area contributed by atoms with Crippen molar-refractivity contribution in [1.29, 1.82) is 0 Å². The van der Waals surface area contributed by atoms with E-state index < -0.39 is 16.0 Å². The molecular weight excluding hydrogens is 370 g/mol. The summed E-state index contributed by atoms with van der Waals surface area (Å²) in [5.41, 5.74) is 1.56. The van der Waals surface area contributed by atoms with Gasteiger partial charge in [-0.2, -0.15) is 0 Å². The lowest BCUT2D eigenvalue weighted by Crippen LogP contribution is -2.14. The fraction of sp³-hybridized carbons (Fsp3) is 0.316. The molecule has 0 spiro atoms. The topological polar surface area (TPSA) is 90.9 Å². The van der Waals surface area contributed by atoms with Crippen LogP contribution in [0, 0.1) is 0 Å². The van der Waals surface area contributed by atoms with E-state index in [0.717, 1.165) is 12.0 Å². The van der Waals surface area contributed by atoms with Crippen LogP contribution in [0.4, 0.5) is 5.69 Å². The number of hydrogen-bond acceptors (Lipinski definition) is 6. The van der Waals surface area contributed by atoms with Crippen molar-refractivity contribution in [3.63, 3.8) is 0 Å². The number of hydrogen-bond donors (Lipinski definition) is 1. The van der Waals surface area contributed by atoms with E-state index in [1.54, 1.807) is 12.1 Å². The van der Waals surface area contributed by atoms with Crippen LogP contribution in [0.3, 0.4) is 0 Å². The Morgan fingerprint density at radius 2 is 1.96 bits per heavy atom. The van der Waals surface area contributed by atoms with Crippen molar-refractivity contribution >= 4 is 21.7 Å². The highest BCUT2D eigenvalue weighted by Crippen LogP contribution is 2.38. The highest BCUT2D eigenvalue weighted by molar-refractivity contribution is 7.92. The number of carbonyl (C=O) groups is 1. The Balaban J connectivity index is 1.91. The molecular formula is C19H21NO6S. The zero-order valence-corrected chi connectivity index (χ0v) is 16.1. The van der Waals surface area contributed by atoms with E-state index in [1.807, 2.05) is 13.8 Å². The molecule has 2 aromatic carbocycles. The van der Waals surface area contributed by atoms with Gasteiger partial charge in [0.25, 0.3) is 10.0 Å². The smallest absolute Gasteiger partial charge is 0.337 e. The van der Waals surface area contributed by atoms with Gasteiger partial charge in [-0.05, 0) is 44.2 Å². The third-order valence-corrected chi connectivity index (χ3v) is 5.51. The second-order valence-electron chi connectivity index (χ2n) is 6.14. The van der Waals surface area contributed by atoms with Gasteiger partial charge in [0, 0.05) is 18.1 Å². The number of benzene rings is 2. The molecule has 144 valence electrons. The fourth-order valence-electron chi connectivity index (χ4n) is 2.89. The molecule has 0 saturated heterocycles. The summed E-state index contributed by atoms with van der Waals surface area (Å²) in [5.74, 6) is 0.559. The second kappa shape index (κ2) is 7.48. The zero-order chi connectivity index (χ0) is 19.6. The molecule has 1 aliphatic heterocycles. The molecule has 7 nitrogen and oxygen atoms in total. The van der Waals surface area contributed by atoms with Crippen LogP contribution >= 0.6 is 0 Å². The summed E-state index contributed by atoms with van der Waals surface area (Å²) in [4.78, 5) is 11.5. The number of ether oxygens (including phenoxy) is 3. The summed E-state index contributed by atoms with van der Waals surface area (Å²) in [6.07, 6.45) is 0.782. The van der Waals surface area contributed by atoms with Crippen LogP contribution < -0.4 is 14.2 Å². The number of fused-ring (bicyclic) bond motifs is 1. The van der Waals surface area contributed by atoms with E-state index in [-0.39, 0.29) is 16.6 Å². The largest absolute Gasteiger partial charge is 0.492 e. The maximum absolute atomic E-state index is 12.7. The van der Waals surface area contributed by atoms with Crippen molar-refractivity contribution in [3.05, 3.63) is 47.5 Å². The van der Waals surface area contributed by atoms with Crippen LogP contribution in [0.5, 0.6) is 11.5 Å². The molecule has 27 heavy (non-hydrogen) atoms. The first-order valence-electron chi connectivity index (χ1n) is 8.51. The molecule has 0 radical (unpaired) electrons. The lowest BCUT2D eigenvalue weighted by Gasteiger charge is -2.15. The van der Waals surface area contributed by atoms with Crippen molar-refractivity contribution in [2.45, 2.75) is 31.3 Å². The number of nitrogens with one attached hydrogen (secondary N) is 1. The van der Waals surface area contributed by atoms with Crippen molar-refractivity contribution in [1.82, 2.24) is 0 Å². The summed E-state index contributed by atoms with van der Waals surface area (Å²) in [7, 11) is -2.61. The molecule has 0 amide bonds. The van der Waals surface area contributed by atoms with Gasteiger partial charge in [-0.15, -0.1) is 0 Å². The maximum atomic E-state index is 12.7. The minimum Gasteiger partial charge on any atom is -0.492 e. The second-order valence-corrected chi connectivity index (χ2v) is 7.83. The molecule has 0 bridgehead atoms. The van der Waals surface area contributed by atoms with Crippen LogP contribution in [0.15, 0.2) is 41.3 Å². The van der Waals surface area contributed by atoms with Gasteiger partial charge in [0.2, 0.25) is 0 Å². The molecule has 1 N–H and O–H groups in total. The average molecular weight is 391 g/mol. The third-order valence-electron chi connectivity index (χ3n) is 4.13. The van der Waals surface area contributed by atoms with Crippen LogP contribution in [-0.4, -0.2) is 34.2 Å². The van der Waals surface area contributed by atoms with E-state index in [0.29, 0.717) is 23.8 Å². The van der Waals surface area contributed by atoms with E-state index >= 15 is 0 Å². The van der Waals surface area contributed by atoms with Gasteiger partial charge < -0.3 is 14.2 Å². The van der Waals surface area contributed by atoms with Crippen molar-refractivity contribution in [3.8, 4) is 11.5 Å². The third kappa shape index (κ3) is 4.00. The Labute approximate surface area is 158 Å². The summed E-state index contributed by atoms with van der Waals surface area (Å²) in [6, 6.07) is 8.95. The number of sulfonamides is 1. The van der Waals surface area contributed by atoms with Crippen molar-refractivity contribution < 1.29 is 27.4 Å². The van der Waals surface area contributed by atoms with E-state index in [4.69, 9.17) is 9.47 Å². The molecule has 1 heterocycles. The highest BCUT2D eigenvalue weighted by Gasteiger charge is 2.24. The molecule has 0 aliphatic carbocycles. The lowest BCUT2D eigenvalue weighted by atomic mass is 10.1. The lowest BCUT2D eigenvalue weighted by molar-refractivity contribution is 0.0600. The Kier molecular flexibility index (Phi) is 5.27. The predicted molar refractivity (Wildman–Crippen MR) is 100.0 cm³/mol. The van der Waals surface area contributed by atoms with Crippen LogP contribution in [0.25, 0.3) is 0 Å². The Bertz CT molecular complexity index is 953. The number of rotatable bonds is 6. The van der Waals surface area contributed by atoms with E-state index in [2.05, 4.69) is 9.46 Å². The number of anilines is 1. The summed E-state index contributed by atoms with van der Waals surface area (Å²) >= 11 is 0. The quantitative estimate of drug-likeness (QED) is 0.761. The summed E-state index contributed by atoms with van der Waals surface area (Å²) < 4.78 is 44.0. The first-order valence-corrected chi connectivity index (χ1v) is 10.00. The molecule has 1 atom stereocenters. The number of esters is 1. The fourth-order valence-corrected chi connectivity index (χ4v) is 3.95. The van der Waals surface area contributed by atoms with Crippen molar-refractivity contribution in [2.75, 3.05) is 18.4 Å². The molecule has 1 aliphatic rings. The van der Waals surface area contributed by atoms with Gasteiger partial charge in [-0.3, -0.25) is 4.72 Å². The minimum atomic E-state index is -3.87. The monoisotopic (exact) mass is 391 g/mol. The van der Waals surface area contributed by atoms with Gasteiger partial charge in [-0.1, -0.05) is 0 Å². The molecule has 0 unspecified atom stereocenters. The molecule has 8 heteroatoms. The first kappa shape index (κ1) is 19.0. The molecule has 2 aromatic rings. The summed E-state index contributed by atoms with van der Waals surface area (Å²) in [6.45, 7) is 4.18. The maximum Gasteiger partial charge on any atom is 0.337 e. The molecule has 3 rings (SSSR count). The number of methoxy groups -OCH3 is 1. The minimum absolute atomic E-state index is 0.0207. The Hall–Kier alpha value is -2.74. The van der Waals surface area contributed by atoms with Crippen LogP contribution in [-0.2, 0) is 21.2 Å². The standard InChI is InChI=1S/C19H21NO6S/c1-4-25-18-10-14-9-12(2)26-17(14)11-16(18)20-27(22,23)15-7-5-13(6-8-15)19(21)24-3/h5-8,10-12,20H,4,9H2,1-3H3/t12-/m1/s1. The summed E-state index contributed by atoms with van der Waals surface area (Å²) in [5, 5.41) is 0. The molecule has 0 aromatic heterocycles.